The maximum atomic E-state index is 5.43. The second kappa shape index (κ2) is 7.64. The van der Waals surface area contributed by atoms with Gasteiger partial charge in [-0.2, -0.15) is 0 Å². The molecule has 0 aliphatic heterocycles. The van der Waals surface area contributed by atoms with Crippen LogP contribution in [0.5, 0.6) is 11.5 Å². The van der Waals surface area contributed by atoms with E-state index in [1.165, 1.54) is 4.90 Å². The number of likely N-dealkylation sites (N-methyl/N-ethyl adjacent to an activating group) is 1. The van der Waals surface area contributed by atoms with Gasteiger partial charge in [-0.25, -0.2) is 0 Å². The van der Waals surface area contributed by atoms with Crippen molar-refractivity contribution in [1.29, 1.82) is 0 Å². The Balaban J connectivity index is 1.97. The molecule has 0 radical (unpaired) electrons. The first-order chi connectivity index (χ1) is 10.2. The van der Waals surface area contributed by atoms with Gasteiger partial charge < -0.3 is 14.4 Å². The van der Waals surface area contributed by atoms with Crippen molar-refractivity contribution in [2.45, 2.75) is 13.0 Å². The summed E-state index contributed by atoms with van der Waals surface area (Å²) in [5.41, 5.74) is 2.30. The van der Waals surface area contributed by atoms with Gasteiger partial charge in [-0.05, 0) is 30.3 Å². The number of methoxy groups -OCH3 is 2. The Morgan fingerprint density at radius 1 is 1.10 bits per heavy atom. The fourth-order valence-corrected chi connectivity index (χ4v) is 2.32. The van der Waals surface area contributed by atoms with Crippen LogP contribution < -0.4 is 14.4 Å². The SMILES string of the molecule is COc1ccc(OC)c(C[NH+](C)CCc2ccccn2)c1. The molecule has 0 bridgehead atoms. The number of benzene rings is 1. The molecule has 0 spiro atoms. The molecule has 2 rings (SSSR count). The smallest absolute Gasteiger partial charge is 0.127 e. The van der Waals surface area contributed by atoms with Crippen LogP contribution in [0.4, 0.5) is 0 Å². The van der Waals surface area contributed by atoms with Gasteiger partial charge >= 0.3 is 0 Å². The molecule has 1 aromatic heterocycles. The molecule has 4 nitrogen and oxygen atoms in total. The van der Waals surface area contributed by atoms with Crippen LogP contribution in [-0.2, 0) is 13.0 Å². The largest absolute Gasteiger partial charge is 0.497 e. The first kappa shape index (κ1) is 15.3. The predicted molar refractivity (Wildman–Crippen MR) is 82.9 cm³/mol. The highest BCUT2D eigenvalue weighted by Crippen LogP contribution is 2.23. The third-order valence-electron chi connectivity index (χ3n) is 3.51. The summed E-state index contributed by atoms with van der Waals surface area (Å²) in [6.45, 7) is 1.92. The van der Waals surface area contributed by atoms with E-state index in [9.17, 15) is 0 Å². The third kappa shape index (κ3) is 4.46. The molecule has 1 heterocycles. The zero-order valence-electron chi connectivity index (χ0n) is 12.9. The van der Waals surface area contributed by atoms with Crippen molar-refractivity contribution in [2.24, 2.45) is 0 Å². The van der Waals surface area contributed by atoms with Crippen LogP contribution in [0.25, 0.3) is 0 Å². The third-order valence-corrected chi connectivity index (χ3v) is 3.51. The maximum Gasteiger partial charge on any atom is 0.127 e. The Morgan fingerprint density at radius 2 is 1.95 bits per heavy atom. The minimum Gasteiger partial charge on any atom is -0.497 e. The molecule has 1 aromatic carbocycles. The van der Waals surface area contributed by atoms with Crippen molar-refractivity contribution in [3.05, 3.63) is 53.9 Å². The summed E-state index contributed by atoms with van der Waals surface area (Å²) < 4.78 is 10.7. The summed E-state index contributed by atoms with van der Waals surface area (Å²) in [6.07, 6.45) is 2.81. The van der Waals surface area contributed by atoms with Gasteiger partial charge in [-0.3, -0.25) is 4.98 Å². The summed E-state index contributed by atoms with van der Waals surface area (Å²) in [6, 6.07) is 12.0. The van der Waals surface area contributed by atoms with Gasteiger partial charge in [0.1, 0.15) is 18.0 Å². The number of nitrogens with zero attached hydrogens (tertiary/aromatic N) is 1. The van der Waals surface area contributed by atoms with Crippen LogP contribution in [0.15, 0.2) is 42.6 Å². The van der Waals surface area contributed by atoms with Gasteiger partial charge in [0.15, 0.2) is 0 Å². The van der Waals surface area contributed by atoms with E-state index in [1.807, 2.05) is 36.5 Å². The normalized spacial score (nSPS) is 12.0. The van der Waals surface area contributed by atoms with Crippen molar-refractivity contribution < 1.29 is 14.4 Å². The molecule has 1 atom stereocenters. The van der Waals surface area contributed by atoms with Gasteiger partial charge in [0, 0.05) is 18.3 Å². The molecule has 1 N–H and O–H groups in total. The lowest BCUT2D eigenvalue weighted by Crippen LogP contribution is -3.07. The van der Waals surface area contributed by atoms with Crippen LogP contribution in [0.1, 0.15) is 11.3 Å². The number of quaternary nitrogens is 1. The first-order valence-corrected chi connectivity index (χ1v) is 7.15. The lowest BCUT2D eigenvalue weighted by atomic mass is 10.1. The average Bonchev–Trinajstić information content (AvgIpc) is 2.54. The summed E-state index contributed by atoms with van der Waals surface area (Å²) in [5.74, 6) is 1.77. The molecule has 0 saturated heterocycles. The van der Waals surface area contributed by atoms with Crippen LogP contribution in [0.3, 0.4) is 0 Å². The summed E-state index contributed by atoms with van der Waals surface area (Å²) >= 11 is 0. The van der Waals surface area contributed by atoms with Gasteiger partial charge in [0.05, 0.1) is 33.4 Å². The molecule has 0 aliphatic rings. The highest BCUT2D eigenvalue weighted by atomic mass is 16.5. The Hall–Kier alpha value is -2.07. The molecule has 112 valence electrons. The lowest BCUT2D eigenvalue weighted by Gasteiger charge is -2.16. The van der Waals surface area contributed by atoms with Gasteiger partial charge in [-0.1, -0.05) is 6.07 Å². The van der Waals surface area contributed by atoms with Gasteiger partial charge in [0.2, 0.25) is 0 Å². The molecule has 4 heteroatoms. The van der Waals surface area contributed by atoms with Gasteiger partial charge in [0.25, 0.3) is 0 Å². The molecular weight excluding hydrogens is 264 g/mol. The first-order valence-electron chi connectivity index (χ1n) is 7.15. The molecule has 0 aliphatic carbocycles. The van der Waals surface area contributed by atoms with Crippen LogP contribution in [0.2, 0.25) is 0 Å². The van der Waals surface area contributed by atoms with E-state index in [2.05, 4.69) is 18.1 Å². The fourth-order valence-electron chi connectivity index (χ4n) is 2.32. The van der Waals surface area contributed by atoms with E-state index in [-0.39, 0.29) is 0 Å². The number of pyridine rings is 1. The van der Waals surface area contributed by atoms with Crippen molar-refractivity contribution in [3.8, 4) is 11.5 Å². The monoisotopic (exact) mass is 287 g/mol. The Kier molecular flexibility index (Phi) is 5.58. The molecular formula is C17H23N2O2+. The zero-order valence-corrected chi connectivity index (χ0v) is 12.9. The van der Waals surface area contributed by atoms with E-state index in [4.69, 9.17) is 9.47 Å². The number of aromatic nitrogens is 1. The lowest BCUT2D eigenvalue weighted by molar-refractivity contribution is -0.893. The maximum absolute atomic E-state index is 5.43. The molecule has 21 heavy (non-hydrogen) atoms. The number of ether oxygens (including phenoxy) is 2. The van der Waals surface area contributed by atoms with E-state index in [0.717, 1.165) is 42.3 Å². The summed E-state index contributed by atoms with van der Waals surface area (Å²) in [5, 5.41) is 0. The number of hydrogen-bond donors (Lipinski definition) is 1. The Morgan fingerprint density at radius 3 is 2.62 bits per heavy atom. The number of hydrogen-bond acceptors (Lipinski definition) is 3. The highest BCUT2D eigenvalue weighted by molar-refractivity contribution is 5.39. The van der Waals surface area contributed by atoms with Crippen molar-refractivity contribution in [1.82, 2.24) is 4.98 Å². The average molecular weight is 287 g/mol. The number of rotatable bonds is 7. The molecule has 1 unspecified atom stereocenters. The topological polar surface area (TPSA) is 35.8 Å². The number of nitrogens with one attached hydrogen (secondary N) is 1. The molecule has 2 aromatic rings. The summed E-state index contributed by atoms with van der Waals surface area (Å²) in [4.78, 5) is 5.77. The van der Waals surface area contributed by atoms with Crippen molar-refractivity contribution in [2.75, 3.05) is 27.8 Å². The predicted octanol–water partition coefficient (Wildman–Crippen LogP) is 1.36. The van der Waals surface area contributed by atoms with E-state index in [1.54, 1.807) is 14.2 Å². The molecule has 0 saturated carbocycles. The standard InChI is InChI=1S/C17H22N2O2/c1-19(11-9-15-6-4-5-10-18-15)13-14-12-16(20-2)7-8-17(14)21-3/h4-8,10,12H,9,11,13H2,1-3H3/p+1. The van der Waals surface area contributed by atoms with Crippen molar-refractivity contribution in [3.63, 3.8) is 0 Å². The van der Waals surface area contributed by atoms with Gasteiger partial charge in [-0.15, -0.1) is 0 Å². The van der Waals surface area contributed by atoms with Crippen LogP contribution in [0, 0.1) is 0 Å². The fraction of sp³-hybridized carbons (Fsp3) is 0.353. The Bertz CT molecular complexity index is 558. The van der Waals surface area contributed by atoms with E-state index >= 15 is 0 Å². The highest BCUT2D eigenvalue weighted by Gasteiger charge is 2.11. The van der Waals surface area contributed by atoms with E-state index in [0.29, 0.717) is 0 Å². The van der Waals surface area contributed by atoms with E-state index < -0.39 is 0 Å². The van der Waals surface area contributed by atoms with Crippen molar-refractivity contribution >= 4 is 0 Å². The minimum atomic E-state index is 0.864. The second-order valence-corrected chi connectivity index (χ2v) is 5.13. The quantitative estimate of drug-likeness (QED) is 0.835. The Labute approximate surface area is 126 Å². The van der Waals surface area contributed by atoms with Crippen LogP contribution in [-0.4, -0.2) is 32.8 Å². The zero-order chi connectivity index (χ0) is 15.1. The molecule has 0 fully saturated rings. The molecule has 0 amide bonds. The minimum absolute atomic E-state index is 0.864. The summed E-state index contributed by atoms with van der Waals surface area (Å²) in [7, 11) is 5.57. The second-order valence-electron chi connectivity index (χ2n) is 5.13. The van der Waals surface area contributed by atoms with Crippen LogP contribution >= 0.6 is 0 Å².